The molecule has 3 aromatic rings. The molecule has 3 aromatic heterocycles. The number of methoxy groups -OCH3 is 1. The van der Waals surface area contributed by atoms with Gasteiger partial charge in [0.25, 0.3) is 0 Å². The van der Waals surface area contributed by atoms with Crippen LogP contribution in [0.4, 0.5) is 10.2 Å². The number of aryl methyl sites for hydroxylation is 1. The lowest BCUT2D eigenvalue weighted by Crippen LogP contribution is -2.44. The number of halogens is 1. The van der Waals surface area contributed by atoms with E-state index in [9.17, 15) is 4.39 Å². The molecule has 4 heterocycles. The smallest absolute Gasteiger partial charge is 0.166 e. The van der Waals surface area contributed by atoms with Crippen LogP contribution in [0.5, 0.6) is 0 Å². The van der Waals surface area contributed by atoms with Crippen LogP contribution in [-0.4, -0.2) is 70.0 Å². The number of allylic oxidation sites excluding steroid dienone is 3. The van der Waals surface area contributed by atoms with E-state index in [-0.39, 0.29) is 11.4 Å². The first-order chi connectivity index (χ1) is 17.9. The molecule has 9 heteroatoms. The van der Waals surface area contributed by atoms with Crippen molar-refractivity contribution >= 4 is 11.4 Å². The molecule has 37 heavy (non-hydrogen) atoms. The highest BCUT2D eigenvalue weighted by Gasteiger charge is 2.19. The third kappa shape index (κ3) is 6.60. The number of rotatable bonds is 7. The van der Waals surface area contributed by atoms with Crippen LogP contribution >= 0.6 is 0 Å². The molecule has 0 aromatic carbocycles. The normalized spacial score (nSPS) is 15.1. The van der Waals surface area contributed by atoms with Crippen LogP contribution < -0.4 is 4.90 Å². The molecular formula is C28H38FN7O. The predicted octanol–water partition coefficient (Wildman–Crippen LogP) is 5.45. The summed E-state index contributed by atoms with van der Waals surface area (Å²) >= 11 is 0. The summed E-state index contributed by atoms with van der Waals surface area (Å²) in [6.07, 6.45) is 7.85. The predicted molar refractivity (Wildman–Crippen MR) is 147 cm³/mol. The Hall–Kier alpha value is -3.59. The van der Waals surface area contributed by atoms with Crippen LogP contribution in [0.15, 0.2) is 54.5 Å². The number of nitrogens with zero attached hydrogens (tertiary/aromatic N) is 7. The lowest BCUT2D eigenvalue weighted by molar-refractivity contribution is 0.307. The number of hydrogen-bond acceptors (Lipinski definition) is 7. The second kappa shape index (κ2) is 13.1. The highest BCUT2D eigenvalue weighted by Crippen LogP contribution is 2.29. The molecule has 0 saturated carbocycles. The monoisotopic (exact) mass is 507 g/mol. The first-order valence-corrected chi connectivity index (χ1v) is 12.8. The number of pyridine rings is 1. The van der Waals surface area contributed by atoms with Crippen molar-refractivity contribution in [3.63, 3.8) is 0 Å². The van der Waals surface area contributed by atoms with E-state index in [0.29, 0.717) is 17.9 Å². The molecule has 0 N–H and O–H groups in total. The van der Waals surface area contributed by atoms with Gasteiger partial charge in [-0.3, -0.25) is 0 Å². The van der Waals surface area contributed by atoms with Gasteiger partial charge in [-0.1, -0.05) is 26.8 Å². The van der Waals surface area contributed by atoms with Crippen LogP contribution in [0.25, 0.3) is 22.6 Å². The zero-order valence-electron chi connectivity index (χ0n) is 23.0. The third-order valence-electron chi connectivity index (χ3n) is 6.03. The van der Waals surface area contributed by atoms with Crippen LogP contribution in [0.2, 0.25) is 0 Å². The summed E-state index contributed by atoms with van der Waals surface area (Å²) in [4.78, 5) is 18.5. The van der Waals surface area contributed by atoms with Crippen molar-refractivity contribution in [2.45, 2.75) is 41.0 Å². The number of hydrogen-bond donors (Lipinski definition) is 0. The standard InChI is InChI=1S/C26H32FN7O.C2H6/c1-6-8-21(35-5)24(19(3)27)26-28-15-18(2)25(31-26)20-16-29-34(17-20)23-10-7-9-22(30-23)33-13-11-32(4)12-14-33;1-2/h7-10,15-17H,6,11-14H2,1-5H3;1-2H3/b21-8+,24-19-;. The van der Waals surface area contributed by atoms with Gasteiger partial charge in [-0.05, 0) is 51.1 Å². The van der Waals surface area contributed by atoms with E-state index >= 15 is 0 Å². The maximum absolute atomic E-state index is 14.5. The summed E-state index contributed by atoms with van der Waals surface area (Å²) in [6.45, 7) is 13.2. The number of piperazine rings is 1. The van der Waals surface area contributed by atoms with Gasteiger partial charge >= 0.3 is 0 Å². The molecule has 0 amide bonds. The summed E-state index contributed by atoms with van der Waals surface area (Å²) in [5.41, 5.74) is 2.60. The molecule has 0 spiro atoms. The van der Waals surface area contributed by atoms with Gasteiger partial charge in [0.15, 0.2) is 11.6 Å². The van der Waals surface area contributed by atoms with Crippen LogP contribution in [0.1, 0.15) is 45.5 Å². The molecule has 0 unspecified atom stereocenters. The van der Waals surface area contributed by atoms with Gasteiger partial charge in [0, 0.05) is 44.1 Å². The molecule has 0 radical (unpaired) electrons. The molecule has 1 aliphatic rings. The van der Waals surface area contributed by atoms with Gasteiger partial charge in [0.2, 0.25) is 0 Å². The molecule has 198 valence electrons. The van der Waals surface area contributed by atoms with E-state index < -0.39 is 5.83 Å². The maximum Gasteiger partial charge on any atom is 0.166 e. The Kier molecular flexibility index (Phi) is 9.91. The van der Waals surface area contributed by atoms with Crippen molar-refractivity contribution in [1.82, 2.24) is 29.6 Å². The number of aromatic nitrogens is 5. The van der Waals surface area contributed by atoms with E-state index in [1.807, 2.05) is 58.2 Å². The maximum atomic E-state index is 14.5. The van der Waals surface area contributed by atoms with Crippen molar-refractivity contribution in [3.8, 4) is 17.1 Å². The number of likely N-dealkylation sites (N-methyl/N-ethyl adjacent to an activating group) is 1. The summed E-state index contributed by atoms with van der Waals surface area (Å²) in [5, 5.41) is 4.54. The molecule has 0 aliphatic carbocycles. The van der Waals surface area contributed by atoms with Crippen LogP contribution in [-0.2, 0) is 4.74 Å². The topological polar surface area (TPSA) is 72.2 Å². The van der Waals surface area contributed by atoms with E-state index in [1.165, 1.54) is 14.0 Å². The third-order valence-corrected chi connectivity index (χ3v) is 6.03. The zero-order chi connectivity index (χ0) is 26.9. The zero-order valence-corrected chi connectivity index (χ0v) is 23.0. The van der Waals surface area contributed by atoms with Crippen LogP contribution in [0, 0.1) is 6.92 Å². The Morgan fingerprint density at radius 2 is 1.78 bits per heavy atom. The largest absolute Gasteiger partial charge is 0.496 e. The van der Waals surface area contributed by atoms with Gasteiger partial charge < -0.3 is 14.5 Å². The van der Waals surface area contributed by atoms with Gasteiger partial charge in [0.05, 0.1) is 24.6 Å². The Bertz CT molecular complexity index is 1240. The fraction of sp³-hybridized carbons (Fsp3) is 0.429. The van der Waals surface area contributed by atoms with Crippen molar-refractivity contribution in [2.75, 3.05) is 45.2 Å². The number of ether oxygens (including phenoxy) is 1. The fourth-order valence-corrected chi connectivity index (χ4v) is 4.08. The van der Waals surface area contributed by atoms with Gasteiger partial charge in [-0.25, -0.2) is 24.0 Å². The molecule has 1 fully saturated rings. The van der Waals surface area contributed by atoms with E-state index in [1.54, 1.807) is 17.1 Å². The highest BCUT2D eigenvalue weighted by molar-refractivity contribution is 5.76. The first kappa shape index (κ1) is 28.0. The Morgan fingerprint density at radius 3 is 2.43 bits per heavy atom. The Morgan fingerprint density at radius 1 is 1.08 bits per heavy atom. The van der Waals surface area contributed by atoms with Gasteiger partial charge in [-0.15, -0.1) is 0 Å². The lowest BCUT2D eigenvalue weighted by Gasteiger charge is -2.33. The second-order valence-corrected chi connectivity index (χ2v) is 8.63. The molecule has 0 atom stereocenters. The first-order valence-electron chi connectivity index (χ1n) is 12.8. The summed E-state index contributed by atoms with van der Waals surface area (Å²) in [6, 6.07) is 5.96. The molecule has 4 rings (SSSR count). The highest BCUT2D eigenvalue weighted by atomic mass is 19.1. The van der Waals surface area contributed by atoms with Gasteiger partial charge in [0.1, 0.15) is 17.4 Å². The minimum atomic E-state index is -0.401. The van der Waals surface area contributed by atoms with Crippen molar-refractivity contribution in [3.05, 3.63) is 65.8 Å². The Balaban J connectivity index is 0.00000186. The van der Waals surface area contributed by atoms with Crippen LogP contribution in [0.3, 0.4) is 0 Å². The Labute approximate surface area is 219 Å². The minimum absolute atomic E-state index is 0.254. The second-order valence-electron chi connectivity index (χ2n) is 8.63. The molecule has 1 saturated heterocycles. The molecule has 0 bridgehead atoms. The van der Waals surface area contributed by atoms with E-state index in [4.69, 9.17) is 14.7 Å². The quantitative estimate of drug-likeness (QED) is 0.311. The number of anilines is 1. The van der Waals surface area contributed by atoms with Crippen molar-refractivity contribution in [2.24, 2.45) is 0 Å². The van der Waals surface area contributed by atoms with E-state index in [2.05, 4.69) is 26.9 Å². The minimum Gasteiger partial charge on any atom is -0.496 e. The SMILES string of the molecule is CC.CC/C=C(OC)\C(=C(/C)F)c1ncc(C)c(-c2cnn(-c3cccc(N4CCN(C)CC4)n3)c2)n1. The van der Waals surface area contributed by atoms with Gasteiger partial charge in [-0.2, -0.15) is 5.10 Å². The average Bonchev–Trinajstić information content (AvgIpc) is 3.41. The summed E-state index contributed by atoms with van der Waals surface area (Å²) in [5.74, 6) is 1.96. The summed E-state index contributed by atoms with van der Waals surface area (Å²) < 4.78 is 21.7. The summed E-state index contributed by atoms with van der Waals surface area (Å²) in [7, 11) is 3.66. The molecular weight excluding hydrogens is 469 g/mol. The van der Waals surface area contributed by atoms with E-state index in [0.717, 1.165) is 48.9 Å². The molecule has 8 nitrogen and oxygen atoms in total. The average molecular weight is 508 g/mol. The van der Waals surface area contributed by atoms with Crippen molar-refractivity contribution in [1.29, 1.82) is 0 Å². The lowest BCUT2D eigenvalue weighted by atomic mass is 10.1. The van der Waals surface area contributed by atoms with Crippen molar-refractivity contribution < 1.29 is 9.13 Å². The fourth-order valence-electron chi connectivity index (χ4n) is 4.08. The molecule has 1 aliphatic heterocycles.